The molecule has 10 heteroatoms. The molecule has 230 valence electrons. The summed E-state index contributed by atoms with van der Waals surface area (Å²) in [6, 6.07) is 12.8. The Kier molecular flexibility index (Phi) is 8.94. The van der Waals surface area contributed by atoms with Gasteiger partial charge in [-0.1, -0.05) is 30.3 Å². The molecule has 2 fully saturated rings. The van der Waals surface area contributed by atoms with Gasteiger partial charge in [0.05, 0.1) is 24.4 Å². The van der Waals surface area contributed by atoms with Crippen molar-refractivity contribution in [3.05, 3.63) is 76.8 Å². The van der Waals surface area contributed by atoms with E-state index in [1.807, 2.05) is 6.92 Å². The van der Waals surface area contributed by atoms with Crippen LogP contribution in [-0.4, -0.2) is 85.0 Å². The number of rotatable bonds is 10. The number of fused-ring (bicyclic) bond motifs is 2. The molecule has 3 aliphatic rings. The zero-order valence-electron chi connectivity index (χ0n) is 25.4. The van der Waals surface area contributed by atoms with Gasteiger partial charge in [0.25, 0.3) is 0 Å². The number of carbonyl (C=O) groups is 1. The number of piperazine rings is 1. The van der Waals surface area contributed by atoms with Gasteiger partial charge >= 0.3 is 6.01 Å². The fraction of sp³-hybridized carbons (Fsp3) is 0.471. The average molecular weight is 599 g/mol. The van der Waals surface area contributed by atoms with E-state index in [1.54, 1.807) is 4.90 Å². The van der Waals surface area contributed by atoms with Gasteiger partial charge in [-0.3, -0.25) is 4.79 Å². The molecule has 2 aromatic carbocycles. The van der Waals surface area contributed by atoms with Gasteiger partial charge < -0.3 is 29.0 Å². The zero-order valence-corrected chi connectivity index (χ0v) is 25.4. The second-order valence-corrected chi connectivity index (χ2v) is 11.9. The maximum absolute atomic E-state index is 12.8. The lowest BCUT2D eigenvalue weighted by Crippen LogP contribution is -2.56. The van der Waals surface area contributed by atoms with Crippen LogP contribution in [0.1, 0.15) is 36.6 Å². The largest absolute Gasteiger partial charge is 0.461 e. The van der Waals surface area contributed by atoms with Crippen LogP contribution in [0, 0.1) is 13.5 Å². The number of benzene rings is 2. The number of carbonyl (C=O) groups excluding carboxylic acids is 1. The van der Waals surface area contributed by atoms with Gasteiger partial charge in [-0.05, 0) is 56.2 Å². The minimum Gasteiger partial charge on any atom is -0.461 e. The third-order valence-corrected chi connectivity index (χ3v) is 8.57. The molecule has 44 heavy (non-hydrogen) atoms. The number of nitrogens with zero attached hydrogens (tertiary/aromatic N) is 6. The van der Waals surface area contributed by atoms with Gasteiger partial charge in [0.1, 0.15) is 25.1 Å². The van der Waals surface area contributed by atoms with Crippen molar-refractivity contribution in [1.82, 2.24) is 14.9 Å². The van der Waals surface area contributed by atoms with Gasteiger partial charge in [-0.2, -0.15) is 9.97 Å². The smallest absolute Gasteiger partial charge is 0.318 e. The van der Waals surface area contributed by atoms with Crippen molar-refractivity contribution in [3.8, 4) is 6.01 Å². The molecule has 3 heterocycles. The van der Waals surface area contributed by atoms with E-state index in [9.17, 15) is 9.18 Å². The van der Waals surface area contributed by atoms with E-state index in [0.717, 1.165) is 42.9 Å². The van der Waals surface area contributed by atoms with Gasteiger partial charge in [0.2, 0.25) is 12.5 Å². The number of ether oxygens (including phenoxy) is 2. The Morgan fingerprint density at radius 2 is 1.98 bits per heavy atom. The predicted molar refractivity (Wildman–Crippen MR) is 169 cm³/mol. The summed E-state index contributed by atoms with van der Waals surface area (Å²) >= 11 is 0. The van der Waals surface area contributed by atoms with Crippen LogP contribution in [0.15, 0.2) is 48.6 Å². The number of aromatic nitrogens is 2. The second kappa shape index (κ2) is 13.2. The van der Waals surface area contributed by atoms with Crippen LogP contribution >= 0.6 is 0 Å². The van der Waals surface area contributed by atoms with Crippen LogP contribution < -0.4 is 14.5 Å². The first-order valence-electron chi connectivity index (χ1n) is 15.5. The maximum Gasteiger partial charge on any atom is 0.318 e. The number of allylic oxidation sites excluding steroid dienone is 1. The second-order valence-electron chi connectivity index (χ2n) is 11.9. The molecule has 0 bridgehead atoms. The molecular formula is C34H39FN6O3. The van der Waals surface area contributed by atoms with Crippen molar-refractivity contribution in [3.63, 3.8) is 0 Å². The lowest BCUT2D eigenvalue weighted by atomic mass is 9.99. The van der Waals surface area contributed by atoms with Gasteiger partial charge in [-0.25, -0.2) is 11.0 Å². The molecule has 0 N–H and O–H groups in total. The van der Waals surface area contributed by atoms with E-state index in [-0.39, 0.29) is 24.6 Å². The SMILES string of the molecule is [C-]#[N+]C[C@H]1CN(c2nc(OC[C@H](C)OC3CC3)nc3c2CCN(c2cccc4cccc(C)c24)C3)CCN1C(=O)/C=C/CF. The van der Waals surface area contributed by atoms with E-state index in [1.165, 1.54) is 34.2 Å². The minimum atomic E-state index is -0.700. The highest BCUT2D eigenvalue weighted by Crippen LogP contribution is 2.36. The molecule has 1 saturated heterocycles. The van der Waals surface area contributed by atoms with Crippen molar-refractivity contribution >= 4 is 28.2 Å². The highest BCUT2D eigenvalue weighted by Gasteiger charge is 2.35. The molecule has 0 unspecified atom stereocenters. The van der Waals surface area contributed by atoms with Crippen molar-refractivity contribution < 1.29 is 18.7 Å². The van der Waals surface area contributed by atoms with Crippen LogP contribution in [0.4, 0.5) is 15.9 Å². The molecule has 1 aromatic heterocycles. The monoisotopic (exact) mass is 598 g/mol. The quantitative estimate of drug-likeness (QED) is 0.243. The first-order chi connectivity index (χ1) is 21.4. The Balaban J connectivity index is 1.31. The Labute approximate surface area is 258 Å². The molecule has 0 spiro atoms. The number of aryl methyl sites for hydroxylation is 1. The molecule has 9 nitrogen and oxygen atoms in total. The fourth-order valence-electron chi connectivity index (χ4n) is 6.29. The first-order valence-corrected chi connectivity index (χ1v) is 15.5. The topological polar surface area (TPSA) is 75.4 Å². The number of alkyl halides is 1. The Hall–Kier alpha value is -4.23. The Morgan fingerprint density at radius 1 is 1.16 bits per heavy atom. The third-order valence-electron chi connectivity index (χ3n) is 8.57. The molecular weight excluding hydrogens is 559 g/mol. The van der Waals surface area contributed by atoms with Crippen LogP contribution in [-0.2, 0) is 22.5 Å². The van der Waals surface area contributed by atoms with Crippen LogP contribution in [0.2, 0.25) is 0 Å². The standard InChI is InChI=1S/C34H39FN6O3/c1-23-7-4-8-25-9-5-10-30(32(23)25)39-16-14-28-29(21-39)37-34(43-22-24(2)44-27-12-13-27)38-33(28)40-17-18-41(26(20-40)19-36-3)31(42)11-6-15-35/h4-11,24,26-27H,12-22H2,1-2H3/b11-6+/t24-,26-/m0/s1. The molecule has 2 aliphatic heterocycles. The molecule has 6 rings (SSSR count). The summed E-state index contributed by atoms with van der Waals surface area (Å²) in [5.41, 5.74) is 4.42. The lowest BCUT2D eigenvalue weighted by Gasteiger charge is -2.41. The van der Waals surface area contributed by atoms with E-state index in [0.29, 0.717) is 44.9 Å². The van der Waals surface area contributed by atoms with Crippen LogP contribution in [0.25, 0.3) is 15.6 Å². The van der Waals surface area contributed by atoms with Crippen molar-refractivity contribution in [2.75, 3.05) is 55.8 Å². The van der Waals surface area contributed by atoms with E-state index in [4.69, 9.17) is 26.0 Å². The number of hydrogen-bond donors (Lipinski definition) is 0. The fourth-order valence-corrected chi connectivity index (χ4v) is 6.29. The number of hydrogen-bond acceptors (Lipinski definition) is 7. The molecule has 0 radical (unpaired) electrons. The first kappa shape index (κ1) is 29.8. The van der Waals surface area contributed by atoms with E-state index >= 15 is 0 Å². The van der Waals surface area contributed by atoms with Crippen molar-refractivity contribution in [1.29, 1.82) is 0 Å². The van der Waals surface area contributed by atoms with Gasteiger partial charge in [0.15, 0.2) is 0 Å². The normalized spacial score (nSPS) is 19.2. The molecule has 1 saturated carbocycles. The van der Waals surface area contributed by atoms with Crippen LogP contribution in [0.5, 0.6) is 6.01 Å². The summed E-state index contributed by atoms with van der Waals surface area (Å²) in [7, 11) is 0. The van der Waals surface area contributed by atoms with Crippen molar-refractivity contribution in [2.45, 2.75) is 57.9 Å². The highest BCUT2D eigenvalue weighted by molar-refractivity contribution is 5.97. The number of anilines is 2. The average Bonchev–Trinajstić information content (AvgIpc) is 3.86. The molecule has 2 atom stereocenters. The van der Waals surface area contributed by atoms with Crippen LogP contribution in [0.3, 0.4) is 0 Å². The Morgan fingerprint density at radius 3 is 2.75 bits per heavy atom. The summed E-state index contributed by atoms with van der Waals surface area (Å²) in [5, 5.41) is 2.46. The predicted octanol–water partition coefficient (Wildman–Crippen LogP) is 4.91. The number of amides is 1. The molecule has 1 aliphatic carbocycles. The lowest BCUT2D eigenvalue weighted by molar-refractivity contribution is -0.128. The highest BCUT2D eigenvalue weighted by atomic mass is 19.1. The summed E-state index contributed by atoms with van der Waals surface area (Å²) < 4.78 is 24.8. The minimum absolute atomic E-state index is 0.0734. The molecule has 3 aromatic rings. The summed E-state index contributed by atoms with van der Waals surface area (Å²) in [6.07, 6.45) is 5.67. The van der Waals surface area contributed by atoms with E-state index < -0.39 is 6.67 Å². The molecule has 1 amide bonds. The maximum atomic E-state index is 12.8. The third kappa shape index (κ3) is 6.48. The van der Waals surface area contributed by atoms with E-state index in [2.05, 4.69) is 58.0 Å². The van der Waals surface area contributed by atoms with Crippen molar-refractivity contribution in [2.24, 2.45) is 0 Å². The summed E-state index contributed by atoms with van der Waals surface area (Å²) in [6.45, 7) is 14.3. The van der Waals surface area contributed by atoms with Gasteiger partial charge in [-0.15, -0.1) is 0 Å². The summed E-state index contributed by atoms with van der Waals surface area (Å²) in [5.74, 6) is 0.534. The Bertz CT molecular complexity index is 1580. The number of halogens is 1. The van der Waals surface area contributed by atoms with Gasteiger partial charge in [0, 0.05) is 48.9 Å². The zero-order chi connectivity index (χ0) is 30.6. The summed E-state index contributed by atoms with van der Waals surface area (Å²) in [4.78, 5) is 32.5.